The quantitative estimate of drug-likeness (QED) is 0.451. The molecular weight excluding hydrogens is 258 g/mol. The number of nitro benzene ring substituents is 1. The molecule has 1 aromatic rings. The van der Waals surface area contributed by atoms with Crippen LogP contribution in [0, 0.1) is 10.1 Å². The van der Waals surface area contributed by atoms with Crippen LogP contribution in [0.4, 0.5) is 5.69 Å². The van der Waals surface area contributed by atoms with Crippen molar-refractivity contribution in [1.82, 2.24) is 0 Å². The van der Waals surface area contributed by atoms with E-state index in [4.69, 9.17) is 11.6 Å². The van der Waals surface area contributed by atoms with Crippen LogP contribution in [0.15, 0.2) is 18.2 Å². The van der Waals surface area contributed by atoms with Crippen molar-refractivity contribution in [1.29, 1.82) is 0 Å². The Kier molecular flexibility index (Phi) is 4.97. The second-order valence-corrected chi connectivity index (χ2v) is 4.14. The number of carbonyl (C=O) groups excluding carboxylic acids is 2. The monoisotopic (exact) mass is 269 g/mol. The van der Waals surface area contributed by atoms with E-state index >= 15 is 0 Å². The molecule has 5 nitrogen and oxygen atoms in total. The number of non-ortho nitro benzene ring substituents is 1. The van der Waals surface area contributed by atoms with E-state index in [1.54, 1.807) is 6.92 Å². The maximum Gasteiger partial charge on any atom is 0.270 e. The molecule has 0 atom stereocenters. The summed E-state index contributed by atoms with van der Waals surface area (Å²) in [6.07, 6.45) is 0.526. The van der Waals surface area contributed by atoms with Crippen molar-refractivity contribution in [2.75, 3.05) is 0 Å². The number of hydrogen-bond acceptors (Lipinski definition) is 4. The largest absolute Gasteiger partial charge is 0.300 e. The third-order valence-corrected chi connectivity index (χ3v) is 2.82. The van der Waals surface area contributed by atoms with Crippen LogP contribution >= 0.6 is 11.6 Å². The van der Waals surface area contributed by atoms with E-state index in [1.807, 2.05) is 0 Å². The number of halogens is 1. The van der Waals surface area contributed by atoms with Crippen molar-refractivity contribution in [3.05, 3.63) is 38.9 Å². The summed E-state index contributed by atoms with van der Waals surface area (Å²) in [6, 6.07) is 3.69. The molecule has 6 heteroatoms. The summed E-state index contributed by atoms with van der Waals surface area (Å²) in [6.45, 7) is 1.72. The standard InChI is InChI=1S/C12H12ClNO4/c1-2-9(15)4-6-12(16)10-7-8(14(17)18)3-5-11(10)13/h3,5,7H,2,4,6H2,1H3. The molecule has 1 aromatic carbocycles. The summed E-state index contributed by atoms with van der Waals surface area (Å²) in [5.41, 5.74) is -0.0978. The number of nitrogens with zero attached hydrogens (tertiary/aromatic N) is 1. The Morgan fingerprint density at radius 3 is 2.56 bits per heavy atom. The second kappa shape index (κ2) is 6.26. The van der Waals surface area contributed by atoms with Gasteiger partial charge in [0.25, 0.3) is 5.69 Å². The van der Waals surface area contributed by atoms with Gasteiger partial charge < -0.3 is 0 Å². The summed E-state index contributed by atoms with van der Waals surface area (Å²) in [4.78, 5) is 32.9. The lowest BCUT2D eigenvalue weighted by atomic mass is 10.0. The van der Waals surface area contributed by atoms with Gasteiger partial charge in [0.05, 0.1) is 9.95 Å². The van der Waals surface area contributed by atoms with E-state index < -0.39 is 4.92 Å². The smallest absolute Gasteiger partial charge is 0.270 e. The zero-order valence-electron chi connectivity index (χ0n) is 9.81. The fourth-order valence-electron chi connectivity index (χ4n) is 1.40. The van der Waals surface area contributed by atoms with Gasteiger partial charge in [-0.2, -0.15) is 0 Å². The highest BCUT2D eigenvalue weighted by atomic mass is 35.5. The lowest BCUT2D eigenvalue weighted by Crippen LogP contribution is -2.05. The molecule has 18 heavy (non-hydrogen) atoms. The van der Waals surface area contributed by atoms with Crippen LogP contribution in [0.2, 0.25) is 5.02 Å². The lowest BCUT2D eigenvalue weighted by Gasteiger charge is -2.03. The van der Waals surface area contributed by atoms with Gasteiger partial charge in [0.2, 0.25) is 0 Å². The third kappa shape index (κ3) is 3.63. The van der Waals surface area contributed by atoms with Crippen LogP contribution in [0.1, 0.15) is 36.5 Å². The van der Waals surface area contributed by atoms with Crippen molar-refractivity contribution in [3.8, 4) is 0 Å². The normalized spacial score (nSPS) is 10.1. The Bertz CT molecular complexity index is 499. The topological polar surface area (TPSA) is 77.3 Å². The van der Waals surface area contributed by atoms with E-state index in [2.05, 4.69) is 0 Å². The minimum atomic E-state index is -0.593. The van der Waals surface area contributed by atoms with Crippen molar-refractivity contribution >= 4 is 28.9 Å². The van der Waals surface area contributed by atoms with E-state index in [0.29, 0.717) is 6.42 Å². The van der Waals surface area contributed by atoms with Gasteiger partial charge in [-0.3, -0.25) is 19.7 Å². The molecule has 0 saturated carbocycles. The molecule has 0 aliphatic rings. The van der Waals surface area contributed by atoms with Crippen LogP contribution in [0.3, 0.4) is 0 Å². The van der Waals surface area contributed by atoms with Gasteiger partial charge in [-0.05, 0) is 6.07 Å². The molecule has 0 N–H and O–H groups in total. The van der Waals surface area contributed by atoms with Crippen LogP contribution in [-0.4, -0.2) is 16.5 Å². The van der Waals surface area contributed by atoms with E-state index in [1.165, 1.54) is 12.1 Å². The molecule has 0 unspecified atom stereocenters. The number of Topliss-reactive ketones (excluding diaryl/α,β-unsaturated/α-hetero) is 2. The molecule has 0 radical (unpaired) electrons. The lowest BCUT2D eigenvalue weighted by molar-refractivity contribution is -0.384. The molecule has 0 spiro atoms. The fraction of sp³-hybridized carbons (Fsp3) is 0.333. The van der Waals surface area contributed by atoms with Gasteiger partial charge in [-0.25, -0.2) is 0 Å². The van der Waals surface area contributed by atoms with Gasteiger partial charge >= 0.3 is 0 Å². The molecular formula is C12H12ClNO4. The highest BCUT2D eigenvalue weighted by Crippen LogP contribution is 2.23. The van der Waals surface area contributed by atoms with Crippen LogP contribution < -0.4 is 0 Å². The summed E-state index contributed by atoms with van der Waals surface area (Å²) >= 11 is 5.82. The average molecular weight is 270 g/mol. The number of carbonyl (C=O) groups is 2. The van der Waals surface area contributed by atoms with E-state index in [0.717, 1.165) is 6.07 Å². The average Bonchev–Trinajstić information content (AvgIpc) is 2.35. The molecule has 0 aliphatic carbocycles. The fourth-order valence-corrected chi connectivity index (χ4v) is 1.63. The van der Waals surface area contributed by atoms with Crippen molar-refractivity contribution in [2.24, 2.45) is 0 Å². The maximum atomic E-state index is 11.8. The van der Waals surface area contributed by atoms with Crippen LogP contribution in [-0.2, 0) is 4.79 Å². The summed E-state index contributed by atoms with van der Waals surface area (Å²) in [5.74, 6) is -0.379. The Morgan fingerprint density at radius 2 is 2.00 bits per heavy atom. The van der Waals surface area contributed by atoms with Crippen molar-refractivity contribution < 1.29 is 14.5 Å². The molecule has 0 amide bonds. The third-order valence-electron chi connectivity index (χ3n) is 2.49. The summed E-state index contributed by atoms with van der Waals surface area (Å²) < 4.78 is 0. The predicted octanol–water partition coefficient (Wildman–Crippen LogP) is 3.19. The van der Waals surface area contributed by atoms with Crippen molar-refractivity contribution in [2.45, 2.75) is 26.2 Å². The van der Waals surface area contributed by atoms with Gasteiger partial charge in [-0.1, -0.05) is 18.5 Å². The molecule has 0 bridgehead atoms. The zero-order chi connectivity index (χ0) is 13.7. The molecule has 0 aromatic heterocycles. The van der Waals surface area contributed by atoms with Gasteiger partial charge in [0.15, 0.2) is 5.78 Å². The first-order valence-electron chi connectivity index (χ1n) is 5.44. The number of rotatable bonds is 6. The Hall–Kier alpha value is -1.75. The predicted molar refractivity (Wildman–Crippen MR) is 67.0 cm³/mol. The SMILES string of the molecule is CCC(=O)CCC(=O)c1cc([N+](=O)[O-])ccc1Cl. The number of ketones is 2. The molecule has 0 heterocycles. The summed E-state index contributed by atoms with van der Waals surface area (Å²) in [7, 11) is 0. The minimum absolute atomic E-state index is 0.0214. The Labute approximate surface area is 109 Å². The summed E-state index contributed by atoms with van der Waals surface area (Å²) in [5, 5.41) is 10.8. The molecule has 0 saturated heterocycles. The van der Waals surface area contributed by atoms with Gasteiger partial charge in [0, 0.05) is 37.0 Å². The molecule has 0 aliphatic heterocycles. The highest BCUT2D eigenvalue weighted by Gasteiger charge is 2.16. The van der Waals surface area contributed by atoms with Crippen LogP contribution in [0.25, 0.3) is 0 Å². The highest BCUT2D eigenvalue weighted by molar-refractivity contribution is 6.34. The van der Waals surface area contributed by atoms with Gasteiger partial charge in [-0.15, -0.1) is 0 Å². The maximum absolute atomic E-state index is 11.8. The molecule has 96 valence electrons. The first-order valence-corrected chi connectivity index (χ1v) is 5.82. The Balaban J connectivity index is 2.87. The second-order valence-electron chi connectivity index (χ2n) is 3.74. The minimum Gasteiger partial charge on any atom is -0.300 e. The number of hydrogen-bond donors (Lipinski definition) is 0. The zero-order valence-corrected chi connectivity index (χ0v) is 10.6. The number of benzene rings is 1. The van der Waals surface area contributed by atoms with E-state index in [9.17, 15) is 19.7 Å². The first-order chi connectivity index (χ1) is 8.45. The molecule has 1 rings (SSSR count). The van der Waals surface area contributed by atoms with Gasteiger partial charge in [0.1, 0.15) is 5.78 Å². The number of nitro groups is 1. The van der Waals surface area contributed by atoms with Crippen LogP contribution in [0.5, 0.6) is 0 Å². The first kappa shape index (κ1) is 14.3. The Morgan fingerprint density at radius 1 is 1.33 bits per heavy atom. The molecule has 0 fully saturated rings. The van der Waals surface area contributed by atoms with Crippen molar-refractivity contribution in [3.63, 3.8) is 0 Å². The van der Waals surface area contributed by atoms with E-state index in [-0.39, 0.29) is 40.7 Å².